The van der Waals surface area contributed by atoms with Crippen molar-refractivity contribution >= 4 is 40.4 Å². The predicted molar refractivity (Wildman–Crippen MR) is 111 cm³/mol. The Morgan fingerprint density at radius 2 is 1.56 bits per heavy atom. The Hall–Kier alpha value is -2.59. The molecular formula is C22H23ClN2O2. The van der Waals surface area contributed by atoms with E-state index in [1.54, 1.807) is 12.1 Å². The van der Waals surface area contributed by atoms with E-state index in [1.807, 2.05) is 44.2 Å². The summed E-state index contributed by atoms with van der Waals surface area (Å²) in [6.45, 7) is 9.86. The second kappa shape index (κ2) is 7.57. The second-order valence-corrected chi connectivity index (χ2v) is 7.02. The van der Waals surface area contributed by atoms with E-state index in [4.69, 9.17) is 11.6 Å². The summed E-state index contributed by atoms with van der Waals surface area (Å²) < 4.78 is 0. The first-order chi connectivity index (χ1) is 12.9. The maximum atomic E-state index is 13.0. The Kier molecular flexibility index (Phi) is 5.38. The molecule has 1 heterocycles. The number of carbonyl (C=O) groups excluding carboxylic acids is 2. The minimum Gasteiger partial charge on any atom is -0.372 e. The third kappa shape index (κ3) is 3.37. The van der Waals surface area contributed by atoms with Crippen molar-refractivity contribution in [3.8, 4) is 0 Å². The minimum atomic E-state index is -0.479. The topological polar surface area (TPSA) is 40.6 Å². The molecular weight excluding hydrogens is 360 g/mol. The number of carbonyl (C=O) groups is 2. The molecule has 0 unspecified atom stereocenters. The van der Waals surface area contributed by atoms with Crippen molar-refractivity contribution in [2.24, 2.45) is 0 Å². The highest BCUT2D eigenvalue weighted by molar-refractivity contribution is 6.60. The molecule has 1 aliphatic rings. The van der Waals surface area contributed by atoms with Gasteiger partial charge in [0.2, 0.25) is 0 Å². The number of amides is 2. The largest absolute Gasteiger partial charge is 0.372 e. The number of nitrogens with zero attached hydrogens (tertiary/aromatic N) is 2. The van der Waals surface area contributed by atoms with Gasteiger partial charge < -0.3 is 4.90 Å². The lowest BCUT2D eigenvalue weighted by molar-refractivity contribution is -0.119. The summed E-state index contributed by atoms with van der Waals surface area (Å²) in [7, 11) is 0. The predicted octanol–water partition coefficient (Wildman–Crippen LogP) is 4.67. The Morgan fingerprint density at radius 3 is 2.11 bits per heavy atom. The molecule has 140 valence electrons. The number of anilines is 2. The van der Waals surface area contributed by atoms with Gasteiger partial charge in [-0.15, -0.1) is 0 Å². The molecule has 0 N–H and O–H groups in total. The first-order valence-corrected chi connectivity index (χ1v) is 9.48. The van der Waals surface area contributed by atoms with Gasteiger partial charge in [-0.2, -0.15) is 0 Å². The molecule has 0 aliphatic carbocycles. The van der Waals surface area contributed by atoms with E-state index < -0.39 is 5.91 Å². The fourth-order valence-corrected chi connectivity index (χ4v) is 3.73. The SMILES string of the molecule is CCN(CC)c1ccc(N2C(=O)C(Cl)=C(c3ccc(C)cc3C)C2=O)cc1. The van der Waals surface area contributed by atoms with Crippen LogP contribution in [0.2, 0.25) is 0 Å². The van der Waals surface area contributed by atoms with Crippen molar-refractivity contribution in [2.45, 2.75) is 27.7 Å². The summed E-state index contributed by atoms with van der Waals surface area (Å²) in [5.74, 6) is -0.861. The van der Waals surface area contributed by atoms with Crippen molar-refractivity contribution in [3.63, 3.8) is 0 Å². The van der Waals surface area contributed by atoms with E-state index in [1.165, 1.54) is 0 Å². The molecule has 27 heavy (non-hydrogen) atoms. The van der Waals surface area contributed by atoms with Gasteiger partial charge in [0.15, 0.2) is 0 Å². The van der Waals surface area contributed by atoms with Crippen LogP contribution in [0.4, 0.5) is 11.4 Å². The van der Waals surface area contributed by atoms with Gasteiger partial charge in [-0.1, -0.05) is 35.4 Å². The van der Waals surface area contributed by atoms with E-state index >= 15 is 0 Å². The molecule has 0 radical (unpaired) electrons. The lowest BCUT2D eigenvalue weighted by Crippen LogP contribution is -2.31. The number of aryl methyl sites for hydroxylation is 2. The lowest BCUT2D eigenvalue weighted by atomic mass is 9.99. The molecule has 2 amide bonds. The summed E-state index contributed by atoms with van der Waals surface area (Å²) in [5.41, 5.74) is 4.56. The Balaban J connectivity index is 1.96. The van der Waals surface area contributed by atoms with Gasteiger partial charge in [-0.25, -0.2) is 4.90 Å². The average molecular weight is 383 g/mol. The monoisotopic (exact) mass is 382 g/mol. The smallest absolute Gasteiger partial charge is 0.277 e. The van der Waals surface area contributed by atoms with Crippen molar-refractivity contribution in [2.75, 3.05) is 22.9 Å². The molecule has 2 aromatic rings. The zero-order valence-electron chi connectivity index (χ0n) is 16.0. The van der Waals surface area contributed by atoms with E-state index in [2.05, 4.69) is 18.7 Å². The van der Waals surface area contributed by atoms with Gasteiger partial charge in [0.1, 0.15) is 5.03 Å². The molecule has 1 aliphatic heterocycles. The fourth-order valence-electron chi connectivity index (χ4n) is 3.47. The van der Waals surface area contributed by atoms with Crippen molar-refractivity contribution < 1.29 is 9.59 Å². The first-order valence-electron chi connectivity index (χ1n) is 9.10. The number of rotatable bonds is 5. The molecule has 2 aromatic carbocycles. The van der Waals surface area contributed by atoms with Crippen LogP contribution in [0.25, 0.3) is 5.57 Å². The molecule has 0 saturated carbocycles. The van der Waals surface area contributed by atoms with Gasteiger partial charge in [0, 0.05) is 18.8 Å². The van der Waals surface area contributed by atoms with Crippen LogP contribution in [0, 0.1) is 13.8 Å². The molecule has 3 rings (SSSR count). The van der Waals surface area contributed by atoms with E-state index in [0.29, 0.717) is 11.3 Å². The van der Waals surface area contributed by atoms with Crippen LogP contribution in [-0.4, -0.2) is 24.9 Å². The third-order valence-corrected chi connectivity index (χ3v) is 5.27. The Bertz CT molecular complexity index is 928. The maximum Gasteiger partial charge on any atom is 0.277 e. The summed E-state index contributed by atoms with van der Waals surface area (Å²) in [4.78, 5) is 29.1. The van der Waals surface area contributed by atoms with E-state index in [0.717, 1.165) is 34.8 Å². The van der Waals surface area contributed by atoms with Gasteiger partial charge in [0.25, 0.3) is 11.8 Å². The number of imide groups is 1. The van der Waals surface area contributed by atoms with Crippen LogP contribution in [-0.2, 0) is 9.59 Å². The highest BCUT2D eigenvalue weighted by atomic mass is 35.5. The second-order valence-electron chi connectivity index (χ2n) is 6.64. The molecule has 0 aromatic heterocycles. The summed E-state index contributed by atoms with van der Waals surface area (Å²) in [6, 6.07) is 13.2. The van der Waals surface area contributed by atoms with Gasteiger partial charge in [-0.05, 0) is 63.1 Å². The van der Waals surface area contributed by atoms with Crippen LogP contribution in [0.1, 0.15) is 30.5 Å². The number of benzene rings is 2. The molecule has 4 nitrogen and oxygen atoms in total. The van der Waals surface area contributed by atoms with Crippen LogP contribution in [0.3, 0.4) is 0 Å². The van der Waals surface area contributed by atoms with Gasteiger partial charge >= 0.3 is 0 Å². The molecule has 0 bridgehead atoms. The number of hydrogen-bond acceptors (Lipinski definition) is 3. The van der Waals surface area contributed by atoms with Crippen molar-refractivity contribution in [1.29, 1.82) is 0 Å². The fraction of sp³-hybridized carbons (Fsp3) is 0.273. The molecule has 0 fully saturated rings. The van der Waals surface area contributed by atoms with Crippen molar-refractivity contribution in [1.82, 2.24) is 0 Å². The molecule has 5 heteroatoms. The molecule has 0 atom stereocenters. The van der Waals surface area contributed by atoms with Crippen molar-refractivity contribution in [3.05, 3.63) is 64.2 Å². The number of hydrogen-bond donors (Lipinski definition) is 0. The van der Waals surface area contributed by atoms with Crippen LogP contribution >= 0.6 is 11.6 Å². The van der Waals surface area contributed by atoms with E-state index in [9.17, 15) is 9.59 Å². The van der Waals surface area contributed by atoms with Gasteiger partial charge in [0.05, 0.1) is 11.3 Å². The van der Waals surface area contributed by atoms with Crippen LogP contribution in [0.5, 0.6) is 0 Å². The minimum absolute atomic E-state index is 0.0280. The van der Waals surface area contributed by atoms with Gasteiger partial charge in [-0.3, -0.25) is 9.59 Å². The summed E-state index contributed by atoms with van der Waals surface area (Å²) in [5, 5.41) is -0.0280. The highest BCUT2D eigenvalue weighted by Gasteiger charge is 2.39. The zero-order chi connectivity index (χ0) is 19.7. The standard InChI is InChI=1S/C22H23ClN2O2/c1-5-24(6-2)16-8-10-17(11-9-16)25-21(26)19(20(23)22(25)27)18-12-7-14(3)13-15(18)4/h7-13H,5-6H2,1-4H3. The normalized spacial score (nSPS) is 14.3. The Labute approximate surface area is 165 Å². The van der Waals surface area contributed by atoms with Crippen LogP contribution in [0.15, 0.2) is 47.5 Å². The summed E-state index contributed by atoms with van der Waals surface area (Å²) in [6.07, 6.45) is 0. The Morgan fingerprint density at radius 1 is 0.926 bits per heavy atom. The first kappa shape index (κ1) is 19.2. The van der Waals surface area contributed by atoms with E-state index in [-0.39, 0.29) is 16.5 Å². The third-order valence-electron chi connectivity index (χ3n) is 4.92. The lowest BCUT2D eigenvalue weighted by Gasteiger charge is -2.22. The van der Waals surface area contributed by atoms with Crippen LogP contribution < -0.4 is 9.80 Å². The number of halogens is 1. The highest BCUT2D eigenvalue weighted by Crippen LogP contribution is 2.36. The molecule has 0 spiro atoms. The zero-order valence-corrected chi connectivity index (χ0v) is 16.8. The maximum absolute atomic E-state index is 13.0. The average Bonchev–Trinajstić information content (AvgIpc) is 2.87. The molecule has 0 saturated heterocycles. The summed E-state index contributed by atoms with van der Waals surface area (Å²) >= 11 is 6.30. The quantitative estimate of drug-likeness (QED) is 0.705.